The summed E-state index contributed by atoms with van der Waals surface area (Å²) in [4.78, 5) is 27.9. The monoisotopic (exact) mass is 554 g/mol. The van der Waals surface area contributed by atoms with Crippen molar-refractivity contribution in [3.8, 4) is 0 Å². The molecule has 0 unspecified atom stereocenters. The third kappa shape index (κ3) is 3.09. The molecule has 5 atom stereocenters. The summed E-state index contributed by atoms with van der Waals surface area (Å²) in [5.41, 5.74) is 0.683. The predicted octanol–water partition coefficient (Wildman–Crippen LogP) is 2.64. The molecule has 200 valence electrons. The van der Waals surface area contributed by atoms with Crippen molar-refractivity contribution in [2.75, 3.05) is 13.7 Å². The molecule has 39 heavy (non-hydrogen) atoms. The molecule has 4 N–H and O–H groups in total. The number of imide groups is 1. The second-order valence-corrected chi connectivity index (χ2v) is 10.9. The van der Waals surface area contributed by atoms with Gasteiger partial charge in [0, 0.05) is 33.3 Å². The van der Waals surface area contributed by atoms with E-state index in [-0.39, 0.29) is 21.9 Å². The van der Waals surface area contributed by atoms with Crippen LogP contribution in [0.2, 0.25) is 0 Å². The maximum atomic E-state index is 14.7. The molecule has 0 aliphatic carbocycles. The summed E-state index contributed by atoms with van der Waals surface area (Å²) >= 11 is 1.22. The molecule has 0 saturated carbocycles. The lowest BCUT2D eigenvalue weighted by atomic mass is 9.96. The van der Waals surface area contributed by atoms with Gasteiger partial charge in [0.2, 0.25) is 0 Å². The summed E-state index contributed by atoms with van der Waals surface area (Å²) < 4.78 is 37.5. The number of benzene rings is 3. The molecule has 7 rings (SSSR count). The van der Waals surface area contributed by atoms with E-state index in [2.05, 4.69) is 0 Å². The van der Waals surface area contributed by atoms with Crippen molar-refractivity contribution < 1.29 is 43.5 Å². The highest BCUT2D eigenvalue weighted by Crippen LogP contribution is 2.50. The fourth-order valence-electron chi connectivity index (χ4n) is 5.91. The van der Waals surface area contributed by atoms with Gasteiger partial charge in [-0.05, 0) is 36.4 Å². The van der Waals surface area contributed by atoms with E-state index in [0.717, 1.165) is 4.90 Å². The largest absolute Gasteiger partial charge is 0.394 e. The summed E-state index contributed by atoms with van der Waals surface area (Å²) in [6.07, 6.45) is -7.64. The molecule has 2 amide bonds. The number of carbonyl (C=O) groups is 2. The Balaban J connectivity index is 1.73. The normalized spacial score (nSPS) is 25.6. The van der Waals surface area contributed by atoms with Crippen LogP contribution in [0.25, 0.3) is 42.0 Å². The Bertz CT molecular complexity index is 1900. The average Bonchev–Trinajstić information content (AvgIpc) is 3.52. The van der Waals surface area contributed by atoms with Crippen LogP contribution in [-0.4, -0.2) is 79.8 Å². The Hall–Kier alpha value is -3.52. The molecule has 2 aliphatic heterocycles. The lowest BCUT2D eigenvalue weighted by molar-refractivity contribution is -0.249. The number of aliphatic hydroxyl groups is 4. The Morgan fingerprint density at radius 3 is 2.23 bits per heavy atom. The molecular weight excluding hydrogens is 534 g/mol. The first-order chi connectivity index (χ1) is 18.6. The molecule has 2 aromatic heterocycles. The first-order valence-corrected chi connectivity index (χ1v) is 12.9. The number of hydrogen-bond donors (Lipinski definition) is 4. The number of carbonyl (C=O) groups excluding carboxylic acids is 2. The number of ether oxygens (including phenoxy) is 1. The van der Waals surface area contributed by atoms with E-state index < -0.39 is 60.7 Å². The molecule has 5 aromatic rings. The highest BCUT2D eigenvalue weighted by Gasteiger charge is 2.46. The van der Waals surface area contributed by atoms with Crippen molar-refractivity contribution in [3.63, 3.8) is 0 Å². The van der Waals surface area contributed by atoms with E-state index in [0.29, 0.717) is 31.2 Å². The summed E-state index contributed by atoms with van der Waals surface area (Å²) in [6, 6.07) is 7.90. The molecule has 1 fully saturated rings. The maximum Gasteiger partial charge on any atom is 0.262 e. The number of fused-ring (bicyclic) bond motifs is 10. The van der Waals surface area contributed by atoms with Crippen molar-refractivity contribution >= 4 is 65.1 Å². The second-order valence-electron chi connectivity index (χ2n) is 9.84. The predicted molar refractivity (Wildman–Crippen MR) is 138 cm³/mol. The van der Waals surface area contributed by atoms with Gasteiger partial charge in [0.1, 0.15) is 36.1 Å². The van der Waals surface area contributed by atoms with Gasteiger partial charge in [-0.15, -0.1) is 11.3 Å². The van der Waals surface area contributed by atoms with Gasteiger partial charge in [-0.3, -0.25) is 14.5 Å². The number of aliphatic hydroxyl groups excluding tert-OH is 4. The molecule has 1 saturated heterocycles. The smallest absolute Gasteiger partial charge is 0.262 e. The minimum atomic E-state index is -1.70. The van der Waals surface area contributed by atoms with Gasteiger partial charge in [0.25, 0.3) is 11.8 Å². The summed E-state index contributed by atoms with van der Waals surface area (Å²) in [6.45, 7) is -0.669. The van der Waals surface area contributed by atoms with E-state index in [9.17, 15) is 38.8 Å². The van der Waals surface area contributed by atoms with E-state index >= 15 is 0 Å². The van der Waals surface area contributed by atoms with Crippen LogP contribution >= 0.6 is 11.3 Å². The number of halogens is 2. The summed E-state index contributed by atoms with van der Waals surface area (Å²) in [7, 11) is 1.33. The van der Waals surface area contributed by atoms with Crippen molar-refractivity contribution in [1.82, 2.24) is 9.47 Å². The Labute approximate surface area is 221 Å². The van der Waals surface area contributed by atoms with Crippen LogP contribution in [0.15, 0.2) is 36.4 Å². The Kier molecular flexibility index (Phi) is 5.18. The highest BCUT2D eigenvalue weighted by molar-refractivity contribution is 7.26. The van der Waals surface area contributed by atoms with Crippen molar-refractivity contribution in [2.24, 2.45) is 0 Å². The van der Waals surface area contributed by atoms with Crippen LogP contribution in [0.5, 0.6) is 0 Å². The first-order valence-electron chi connectivity index (χ1n) is 12.1. The second kappa shape index (κ2) is 8.24. The number of amides is 2. The van der Waals surface area contributed by atoms with E-state index in [1.54, 1.807) is 6.07 Å². The SMILES string of the molecule is CN1C(=O)c2c(c3c4cc(F)ccc4n([C@@H]4O[C@H](CO)[C@@H](O)[C@H](O)[C@H]4O)c3c3sc4ccc(F)cc4c23)C1=O. The molecule has 9 nitrogen and oxygen atoms in total. The molecule has 0 bridgehead atoms. The number of thiophene rings is 1. The quantitative estimate of drug-likeness (QED) is 0.247. The lowest BCUT2D eigenvalue weighted by Crippen LogP contribution is -2.56. The lowest BCUT2D eigenvalue weighted by Gasteiger charge is -2.41. The van der Waals surface area contributed by atoms with Crippen LogP contribution in [0.4, 0.5) is 8.78 Å². The minimum absolute atomic E-state index is 0.00732. The Morgan fingerprint density at radius 1 is 0.897 bits per heavy atom. The number of hydrogen-bond acceptors (Lipinski definition) is 8. The van der Waals surface area contributed by atoms with Gasteiger partial charge >= 0.3 is 0 Å². The molecule has 0 radical (unpaired) electrons. The van der Waals surface area contributed by atoms with Crippen molar-refractivity contribution in [2.45, 2.75) is 30.6 Å². The van der Waals surface area contributed by atoms with Crippen molar-refractivity contribution in [3.05, 3.63) is 59.2 Å². The fraction of sp³-hybridized carbons (Fsp3) is 0.259. The van der Waals surface area contributed by atoms with Crippen LogP contribution in [0.1, 0.15) is 26.9 Å². The number of nitrogens with zero attached hydrogens (tertiary/aromatic N) is 2. The minimum Gasteiger partial charge on any atom is -0.394 e. The van der Waals surface area contributed by atoms with Gasteiger partial charge < -0.3 is 29.7 Å². The number of aromatic nitrogens is 1. The zero-order valence-electron chi connectivity index (χ0n) is 20.1. The summed E-state index contributed by atoms with van der Waals surface area (Å²) in [5, 5.41) is 43.0. The van der Waals surface area contributed by atoms with Gasteiger partial charge in [-0.1, -0.05) is 0 Å². The van der Waals surface area contributed by atoms with Gasteiger partial charge in [0.05, 0.1) is 33.5 Å². The van der Waals surface area contributed by atoms with E-state index in [4.69, 9.17) is 4.74 Å². The van der Waals surface area contributed by atoms with Gasteiger partial charge in [0.15, 0.2) is 6.23 Å². The average molecular weight is 555 g/mol. The molecule has 3 aromatic carbocycles. The maximum absolute atomic E-state index is 14.7. The van der Waals surface area contributed by atoms with Crippen LogP contribution < -0.4 is 0 Å². The first kappa shape index (κ1) is 24.5. The molecule has 4 heterocycles. The van der Waals surface area contributed by atoms with Crippen LogP contribution in [0, 0.1) is 11.6 Å². The molecule has 12 heteroatoms. The van der Waals surface area contributed by atoms with Gasteiger partial charge in [-0.2, -0.15) is 0 Å². The number of rotatable bonds is 2. The third-order valence-electron chi connectivity index (χ3n) is 7.74. The fourth-order valence-corrected chi connectivity index (χ4v) is 7.15. The zero-order valence-corrected chi connectivity index (χ0v) is 20.9. The van der Waals surface area contributed by atoms with E-state index in [1.165, 1.54) is 53.3 Å². The van der Waals surface area contributed by atoms with Crippen LogP contribution in [0.3, 0.4) is 0 Å². The summed E-state index contributed by atoms with van der Waals surface area (Å²) in [5.74, 6) is -2.38. The molecule has 2 aliphatic rings. The standard InChI is InChI=1S/C27H20F2N2O7S/c1-30-25(36)18-16-11-6-9(28)2-4-13(11)31(27-23(35)22(34)21(33)14(8-32)38-27)20(16)24-17(19(18)26(30)37)12-7-10(29)3-5-15(12)39-24/h2-7,14,21-23,27,32-35H,8H2,1H3/t14-,21-,22+,23-,27-/m1/s1. The van der Waals surface area contributed by atoms with E-state index in [1.807, 2.05) is 0 Å². The van der Waals surface area contributed by atoms with Crippen molar-refractivity contribution in [1.29, 1.82) is 0 Å². The third-order valence-corrected chi connectivity index (χ3v) is 8.92. The topological polar surface area (TPSA) is 132 Å². The van der Waals surface area contributed by atoms with Gasteiger partial charge in [-0.25, -0.2) is 8.78 Å². The highest BCUT2D eigenvalue weighted by atomic mass is 32.1. The molecular formula is C27H20F2N2O7S. The molecule has 0 spiro atoms. The zero-order chi connectivity index (χ0) is 27.5. The Morgan fingerprint density at radius 2 is 1.54 bits per heavy atom. The van der Waals surface area contributed by atoms with Crippen LogP contribution in [-0.2, 0) is 4.74 Å².